The number of carbonyl (C=O) groups is 2. The molecule has 0 bridgehead atoms. The summed E-state index contributed by atoms with van der Waals surface area (Å²) in [6.07, 6.45) is 0.914. The highest BCUT2D eigenvalue weighted by atomic mass is 16.5. The molecule has 0 radical (unpaired) electrons. The van der Waals surface area contributed by atoms with Crippen LogP contribution in [-0.4, -0.2) is 25.5 Å². The molecule has 98 valence electrons. The van der Waals surface area contributed by atoms with Crippen molar-refractivity contribution in [1.82, 2.24) is 5.32 Å². The zero-order valence-electron chi connectivity index (χ0n) is 10.2. The first kappa shape index (κ1) is 13.8. The van der Waals surface area contributed by atoms with Crippen molar-refractivity contribution < 1.29 is 14.3 Å². The van der Waals surface area contributed by atoms with E-state index in [9.17, 15) is 9.59 Å². The van der Waals surface area contributed by atoms with Crippen LogP contribution in [0.25, 0.3) is 0 Å². The lowest BCUT2D eigenvalue weighted by Gasteiger charge is -2.10. The number of primary amides is 1. The minimum absolute atomic E-state index is 0.0544. The normalized spacial score (nSPS) is 9.83. The lowest BCUT2D eigenvalue weighted by Crippen LogP contribution is -2.18. The number of hydrogen-bond acceptors (Lipinski definition) is 4. The maximum absolute atomic E-state index is 11.2. The van der Waals surface area contributed by atoms with Gasteiger partial charge in [-0.15, -0.1) is 0 Å². The fraction of sp³-hybridized carbons (Fsp3) is 0.333. The molecule has 0 atom stereocenters. The standard InChI is InChI=1S/C12H17N3O3/c1-15-11(16)3-2-6-18-10-7-8(13)4-5-9(10)12(14)17/h4-5,7H,2-3,6,13H2,1H3,(H2,14,17)(H,15,16). The van der Waals surface area contributed by atoms with Crippen LogP contribution in [0.3, 0.4) is 0 Å². The highest BCUT2D eigenvalue weighted by molar-refractivity contribution is 5.96. The molecular weight excluding hydrogens is 234 g/mol. The van der Waals surface area contributed by atoms with E-state index in [0.717, 1.165) is 0 Å². The molecule has 0 saturated carbocycles. The van der Waals surface area contributed by atoms with Gasteiger partial charge in [-0.25, -0.2) is 0 Å². The van der Waals surface area contributed by atoms with Crippen LogP contribution in [0, 0.1) is 0 Å². The van der Waals surface area contributed by atoms with E-state index in [1.165, 1.54) is 6.07 Å². The van der Waals surface area contributed by atoms with Crippen molar-refractivity contribution >= 4 is 17.5 Å². The van der Waals surface area contributed by atoms with E-state index in [1.807, 2.05) is 0 Å². The molecule has 0 unspecified atom stereocenters. The van der Waals surface area contributed by atoms with Gasteiger partial charge in [-0.1, -0.05) is 0 Å². The van der Waals surface area contributed by atoms with Crippen LogP contribution in [0.15, 0.2) is 18.2 Å². The number of nitrogen functional groups attached to an aromatic ring is 1. The minimum atomic E-state index is -0.573. The summed E-state index contributed by atoms with van der Waals surface area (Å²) in [6.45, 7) is 0.317. The summed E-state index contributed by atoms with van der Waals surface area (Å²) in [6, 6.07) is 4.64. The average molecular weight is 251 g/mol. The molecule has 18 heavy (non-hydrogen) atoms. The number of anilines is 1. The third-order valence-corrected chi connectivity index (χ3v) is 2.36. The summed E-state index contributed by atoms with van der Waals surface area (Å²) >= 11 is 0. The molecule has 6 heteroatoms. The second-order valence-corrected chi connectivity index (χ2v) is 3.75. The molecule has 2 amide bonds. The molecule has 0 saturated heterocycles. The predicted molar refractivity (Wildman–Crippen MR) is 68.2 cm³/mol. The molecule has 1 aromatic carbocycles. The Balaban J connectivity index is 2.58. The second-order valence-electron chi connectivity index (χ2n) is 3.75. The molecule has 0 heterocycles. The van der Waals surface area contributed by atoms with Gasteiger partial charge in [0.05, 0.1) is 12.2 Å². The smallest absolute Gasteiger partial charge is 0.252 e. The molecule has 0 aromatic heterocycles. The van der Waals surface area contributed by atoms with Gasteiger partial charge >= 0.3 is 0 Å². The summed E-state index contributed by atoms with van der Waals surface area (Å²) < 4.78 is 5.41. The average Bonchev–Trinajstić information content (AvgIpc) is 2.34. The van der Waals surface area contributed by atoms with Crippen LogP contribution in [-0.2, 0) is 4.79 Å². The van der Waals surface area contributed by atoms with E-state index >= 15 is 0 Å². The van der Waals surface area contributed by atoms with E-state index in [4.69, 9.17) is 16.2 Å². The van der Waals surface area contributed by atoms with Gasteiger partial charge in [0.15, 0.2) is 0 Å². The van der Waals surface area contributed by atoms with Gasteiger partial charge in [0.25, 0.3) is 5.91 Å². The zero-order chi connectivity index (χ0) is 13.5. The molecule has 1 aromatic rings. The largest absolute Gasteiger partial charge is 0.493 e. The number of nitrogens with one attached hydrogen (secondary N) is 1. The van der Waals surface area contributed by atoms with Crippen LogP contribution in [0.5, 0.6) is 5.75 Å². The lowest BCUT2D eigenvalue weighted by atomic mass is 10.1. The topological polar surface area (TPSA) is 107 Å². The van der Waals surface area contributed by atoms with Crippen molar-refractivity contribution in [3.05, 3.63) is 23.8 Å². The Morgan fingerprint density at radius 1 is 1.39 bits per heavy atom. The molecule has 0 spiro atoms. The number of amides is 2. The molecule has 0 aliphatic rings. The molecular formula is C12H17N3O3. The monoisotopic (exact) mass is 251 g/mol. The Hall–Kier alpha value is -2.24. The Kier molecular flexibility index (Phi) is 4.98. The number of nitrogens with two attached hydrogens (primary N) is 2. The summed E-state index contributed by atoms with van der Waals surface area (Å²) in [5, 5.41) is 2.51. The van der Waals surface area contributed by atoms with E-state index in [-0.39, 0.29) is 11.5 Å². The second kappa shape index (κ2) is 6.48. The Bertz CT molecular complexity index is 446. The van der Waals surface area contributed by atoms with Crippen LogP contribution in [0.1, 0.15) is 23.2 Å². The molecule has 1 rings (SSSR count). The SMILES string of the molecule is CNC(=O)CCCOc1cc(N)ccc1C(N)=O. The first-order valence-corrected chi connectivity index (χ1v) is 5.57. The Labute approximate surface area is 105 Å². The molecule has 6 nitrogen and oxygen atoms in total. The number of rotatable bonds is 6. The summed E-state index contributed by atoms with van der Waals surface area (Å²) in [5.41, 5.74) is 11.6. The highest BCUT2D eigenvalue weighted by Gasteiger charge is 2.09. The first-order valence-electron chi connectivity index (χ1n) is 5.57. The third kappa shape index (κ3) is 3.97. The van der Waals surface area contributed by atoms with Gasteiger partial charge in [-0.2, -0.15) is 0 Å². The quantitative estimate of drug-likeness (QED) is 0.498. The Morgan fingerprint density at radius 2 is 2.11 bits per heavy atom. The van der Waals surface area contributed by atoms with Crippen LogP contribution < -0.4 is 21.5 Å². The number of hydrogen-bond donors (Lipinski definition) is 3. The van der Waals surface area contributed by atoms with Crippen molar-refractivity contribution in [2.75, 3.05) is 19.4 Å². The van der Waals surface area contributed by atoms with E-state index in [2.05, 4.69) is 5.32 Å². The van der Waals surface area contributed by atoms with Gasteiger partial charge in [-0.3, -0.25) is 9.59 Å². The molecule has 0 fully saturated rings. The highest BCUT2D eigenvalue weighted by Crippen LogP contribution is 2.21. The van der Waals surface area contributed by atoms with Crippen molar-refractivity contribution in [2.45, 2.75) is 12.8 Å². The van der Waals surface area contributed by atoms with Gasteiger partial charge in [-0.05, 0) is 18.6 Å². The first-order chi connectivity index (χ1) is 8.54. The van der Waals surface area contributed by atoms with E-state index in [1.54, 1.807) is 19.2 Å². The fourth-order valence-electron chi connectivity index (χ4n) is 1.40. The molecule has 5 N–H and O–H groups in total. The van der Waals surface area contributed by atoms with Crippen LogP contribution in [0.2, 0.25) is 0 Å². The number of benzene rings is 1. The van der Waals surface area contributed by atoms with Crippen LogP contribution >= 0.6 is 0 Å². The van der Waals surface area contributed by atoms with Crippen molar-refractivity contribution in [3.8, 4) is 5.75 Å². The fourth-order valence-corrected chi connectivity index (χ4v) is 1.40. The zero-order valence-corrected chi connectivity index (χ0v) is 10.2. The van der Waals surface area contributed by atoms with Crippen molar-refractivity contribution in [3.63, 3.8) is 0 Å². The number of ether oxygens (including phenoxy) is 1. The maximum Gasteiger partial charge on any atom is 0.252 e. The van der Waals surface area contributed by atoms with Gasteiger partial charge in [0.2, 0.25) is 5.91 Å². The number of carbonyl (C=O) groups excluding carboxylic acids is 2. The van der Waals surface area contributed by atoms with E-state index < -0.39 is 5.91 Å². The molecule has 0 aliphatic heterocycles. The van der Waals surface area contributed by atoms with Gasteiger partial charge in [0, 0.05) is 25.2 Å². The summed E-state index contributed by atoms with van der Waals surface area (Å²) in [7, 11) is 1.58. The van der Waals surface area contributed by atoms with Crippen molar-refractivity contribution in [1.29, 1.82) is 0 Å². The van der Waals surface area contributed by atoms with Gasteiger partial charge < -0.3 is 21.5 Å². The molecule has 0 aliphatic carbocycles. The predicted octanol–water partition coefficient (Wildman–Crippen LogP) is 0.273. The van der Waals surface area contributed by atoms with E-state index in [0.29, 0.717) is 30.9 Å². The Morgan fingerprint density at radius 3 is 2.72 bits per heavy atom. The van der Waals surface area contributed by atoms with Gasteiger partial charge in [0.1, 0.15) is 5.75 Å². The lowest BCUT2D eigenvalue weighted by molar-refractivity contribution is -0.120. The maximum atomic E-state index is 11.2. The van der Waals surface area contributed by atoms with Crippen LogP contribution in [0.4, 0.5) is 5.69 Å². The summed E-state index contributed by atoms with van der Waals surface area (Å²) in [5.74, 6) is -0.281. The minimum Gasteiger partial charge on any atom is -0.493 e. The van der Waals surface area contributed by atoms with Crippen molar-refractivity contribution in [2.24, 2.45) is 5.73 Å². The summed E-state index contributed by atoms with van der Waals surface area (Å²) in [4.78, 5) is 22.1. The third-order valence-electron chi connectivity index (χ3n) is 2.36.